The van der Waals surface area contributed by atoms with Gasteiger partial charge >= 0.3 is 5.97 Å². The summed E-state index contributed by atoms with van der Waals surface area (Å²) in [4.78, 5) is 32.5. The number of nitrogens with zero attached hydrogens (tertiary/aromatic N) is 2. The summed E-state index contributed by atoms with van der Waals surface area (Å²) in [6, 6.07) is 8.45. The monoisotopic (exact) mass is 752 g/mol. The maximum atomic E-state index is 14.1. The van der Waals surface area contributed by atoms with Crippen LogP contribution in [0.4, 0.5) is 0 Å². The molecule has 1 aliphatic heterocycles. The number of carbonyl (C=O) groups is 1. The fraction of sp³-hybridized carbons (Fsp3) is 0.300. The number of thiazole rings is 1. The average molecular weight is 753 g/mol. The SMILES string of the molecule is C=CCOc1c(I)cc(Br)cc1/C=c1/sc2n(c1=O)[C@@H](c1ccc(OC(C)C)c(OC)c1)C(C(=O)OCC)=C(C)N=2. The van der Waals surface area contributed by atoms with Gasteiger partial charge in [-0.3, -0.25) is 9.36 Å². The molecule has 0 bridgehead atoms. The van der Waals surface area contributed by atoms with Crippen molar-refractivity contribution in [3.63, 3.8) is 0 Å². The Hall–Kier alpha value is -2.90. The van der Waals surface area contributed by atoms with E-state index in [0.717, 1.165) is 13.6 Å². The third kappa shape index (κ3) is 6.62. The second kappa shape index (κ2) is 13.4. The molecule has 0 fully saturated rings. The Morgan fingerprint density at radius 3 is 2.68 bits per heavy atom. The molecule has 11 heteroatoms. The second-order valence-corrected chi connectivity index (χ2v) is 12.4. The summed E-state index contributed by atoms with van der Waals surface area (Å²) in [7, 11) is 1.55. The first kappa shape index (κ1) is 31.0. The topological polar surface area (TPSA) is 88.3 Å². The van der Waals surface area contributed by atoms with Crippen LogP contribution in [0.5, 0.6) is 17.2 Å². The van der Waals surface area contributed by atoms with Crippen LogP contribution in [-0.4, -0.2) is 37.0 Å². The molecule has 1 atom stereocenters. The molecule has 0 saturated heterocycles. The van der Waals surface area contributed by atoms with Crippen molar-refractivity contribution in [2.75, 3.05) is 20.3 Å². The highest BCUT2D eigenvalue weighted by atomic mass is 127. The number of halogens is 2. The third-order valence-electron chi connectivity index (χ3n) is 6.05. The first-order valence-electron chi connectivity index (χ1n) is 12.9. The summed E-state index contributed by atoms with van der Waals surface area (Å²) in [5, 5.41) is 0. The van der Waals surface area contributed by atoms with Crippen molar-refractivity contribution in [2.24, 2.45) is 4.99 Å². The minimum absolute atomic E-state index is 0.0638. The molecular weight excluding hydrogens is 723 g/mol. The quantitative estimate of drug-likeness (QED) is 0.154. The van der Waals surface area contributed by atoms with Gasteiger partial charge in [-0.1, -0.05) is 46.0 Å². The molecular formula is C30H30BrIN2O6S. The van der Waals surface area contributed by atoms with Crippen molar-refractivity contribution >= 4 is 61.9 Å². The molecule has 0 N–H and O–H groups in total. The zero-order chi connectivity index (χ0) is 29.8. The van der Waals surface area contributed by atoms with E-state index in [4.69, 9.17) is 18.9 Å². The number of methoxy groups -OCH3 is 1. The predicted octanol–water partition coefficient (Wildman–Crippen LogP) is 5.53. The first-order chi connectivity index (χ1) is 19.6. The summed E-state index contributed by atoms with van der Waals surface area (Å²) < 4.78 is 26.6. The molecule has 1 aromatic heterocycles. The van der Waals surface area contributed by atoms with Gasteiger partial charge in [0.2, 0.25) is 0 Å². The van der Waals surface area contributed by atoms with Crippen molar-refractivity contribution in [1.82, 2.24) is 4.57 Å². The van der Waals surface area contributed by atoms with Gasteiger partial charge in [0.1, 0.15) is 12.4 Å². The highest BCUT2D eigenvalue weighted by Crippen LogP contribution is 2.37. The van der Waals surface area contributed by atoms with Crippen LogP contribution < -0.4 is 29.1 Å². The van der Waals surface area contributed by atoms with E-state index in [0.29, 0.717) is 44.4 Å². The summed E-state index contributed by atoms with van der Waals surface area (Å²) in [5.74, 6) is 1.17. The summed E-state index contributed by atoms with van der Waals surface area (Å²) >= 11 is 6.99. The van der Waals surface area contributed by atoms with Crippen LogP contribution in [0, 0.1) is 3.57 Å². The summed E-state index contributed by atoms with van der Waals surface area (Å²) in [6.07, 6.45) is 3.39. The number of carbonyl (C=O) groups excluding carboxylic acids is 1. The molecule has 3 aromatic rings. The van der Waals surface area contributed by atoms with E-state index in [2.05, 4.69) is 50.1 Å². The Kier molecular flexibility index (Phi) is 10.1. The minimum atomic E-state index is -0.784. The summed E-state index contributed by atoms with van der Waals surface area (Å²) in [6.45, 7) is 11.6. The lowest BCUT2D eigenvalue weighted by Crippen LogP contribution is -2.40. The number of allylic oxidation sites excluding steroid dienone is 1. The molecule has 0 radical (unpaired) electrons. The Morgan fingerprint density at radius 1 is 1.27 bits per heavy atom. The van der Waals surface area contributed by atoms with Gasteiger partial charge in [0.25, 0.3) is 5.56 Å². The van der Waals surface area contributed by atoms with Crippen molar-refractivity contribution in [1.29, 1.82) is 0 Å². The number of aromatic nitrogens is 1. The van der Waals surface area contributed by atoms with Crippen LogP contribution in [0.1, 0.15) is 44.9 Å². The molecule has 0 aliphatic carbocycles. The van der Waals surface area contributed by atoms with Gasteiger partial charge in [-0.2, -0.15) is 0 Å². The molecule has 0 saturated carbocycles. The maximum absolute atomic E-state index is 14.1. The molecule has 1 aliphatic rings. The van der Waals surface area contributed by atoms with Gasteiger partial charge in [0, 0.05) is 10.0 Å². The van der Waals surface area contributed by atoms with Crippen molar-refractivity contribution in [3.8, 4) is 17.2 Å². The predicted molar refractivity (Wildman–Crippen MR) is 172 cm³/mol. The van der Waals surface area contributed by atoms with Gasteiger partial charge in [0.15, 0.2) is 16.3 Å². The van der Waals surface area contributed by atoms with Gasteiger partial charge in [0.05, 0.1) is 45.2 Å². The number of fused-ring (bicyclic) bond motifs is 1. The number of hydrogen-bond acceptors (Lipinski definition) is 8. The highest BCUT2D eigenvalue weighted by Gasteiger charge is 2.34. The van der Waals surface area contributed by atoms with Crippen molar-refractivity contribution in [3.05, 3.63) is 93.1 Å². The molecule has 2 aromatic carbocycles. The lowest BCUT2D eigenvalue weighted by Gasteiger charge is -2.25. The van der Waals surface area contributed by atoms with E-state index in [-0.39, 0.29) is 23.8 Å². The lowest BCUT2D eigenvalue weighted by molar-refractivity contribution is -0.139. The standard InChI is InChI=1S/C30H30BrIN2O6S/c1-7-11-39-27-19(12-20(31)15-21(27)32)14-24-28(35)34-26(18-9-10-22(40-16(3)4)23(13-18)37-6)25(29(36)38-8-2)17(5)33-30(34)41-24/h7,9-10,12-16,26H,1,8,11H2,2-6H3/b24-14+/t26-/m0/s1. The lowest BCUT2D eigenvalue weighted by atomic mass is 9.95. The van der Waals surface area contributed by atoms with Crippen LogP contribution >= 0.6 is 49.9 Å². The molecule has 41 heavy (non-hydrogen) atoms. The normalized spacial score (nSPS) is 14.9. The Labute approximate surface area is 264 Å². The first-order valence-corrected chi connectivity index (χ1v) is 15.5. The Bertz CT molecular complexity index is 1710. The van der Waals surface area contributed by atoms with Crippen LogP contribution in [0.25, 0.3) is 6.08 Å². The highest BCUT2D eigenvalue weighted by molar-refractivity contribution is 14.1. The van der Waals surface area contributed by atoms with E-state index < -0.39 is 12.0 Å². The number of hydrogen-bond donors (Lipinski definition) is 0. The van der Waals surface area contributed by atoms with E-state index >= 15 is 0 Å². The van der Waals surface area contributed by atoms with Crippen molar-refractivity contribution < 1.29 is 23.7 Å². The molecule has 0 spiro atoms. The van der Waals surface area contributed by atoms with E-state index in [1.54, 1.807) is 49.8 Å². The smallest absolute Gasteiger partial charge is 0.338 e. The zero-order valence-corrected chi connectivity index (χ0v) is 27.9. The van der Waals surface area contributed by atoms with E-state index in [9.17, 15) is 9.59 Å². The molecule has 4 rings (SSSR count). The minimum Gasteiger partial charge on any atom is -0.493 e. The number of benzene rings is 2. The summed E-state index contributed by atoms with van der Waals surface area (Å²) in [5.41, 5.74) is 1.87. The van der Waals surface area contributed by atoms with E-state index in [1.807, 2.05) is 32.0 Å². The number of ether oxygens (including phenoxy) is 4. The third-order valence-corrected chi connectivity index (χ3v) is 8.29. The van der Waals surface area contributed by atoms with Gasteiger partial charge in [-0.15, -0.1) is 0 Å². The molecule has 216 valence electrons. The Balaban J connectivity index is 1.97. The van der Waals surface area contributed by atoms with Crippen LogP contribution in [-0.2, 0) is 9.53 Å². The number of rotatable bonds is 10. The van der Waals surface area contributed by atoms with Crippen molar-refractivity contribution in [2.45, 2.75) is 39.8 Å². The second-order valence-electron chi connectivity index (χ2n) is 9.28. The molecule has 8 nitrogen and oxygen atoms in total. The van der Waals surface area contributed by atoms with Gasteiger partial charge in [-0.05, 0) is 86.2 Å². The van der Waals surface area contributed by atoms with Crippen LogP contribution in [0.3, 0.4) is 0 Å². The van der Waals surface area contributed by atoms with Gasteiger partial charge in [-0.25, -0.2) is 9.79 Å². The van der Waals surface area contributed by atoms with Gasteiger partial charge < -0.3 is 18.9 Å². The van der Waals surface area contributed by atoms with E-state index in [1.165, 1.54) is 11.3 Å². The zero-order valence-electron chi connectivity index (χ0n) is 23.3. The molecule has 2 heterocycles. The molecule has 0 unspecified atom stereocenters. The largest absolute Gasteiger partial charge is 0.493 e. The maximum Gasteiger partial charge on any atom is 0.338 e. The Morgan fingerprint density at radius 2 is 2.02 bits per heavy atom. The molecule has 0 amide bonds. The fourth-order valence-corrected chi connectivity index (χ4v) is 7.18. The fourth-order valence-electron chi connectivity index (χ4n) is 4.44. The van der Waals surface area contributed by atoms with Crippen LogP contribution in [0.15, 0.2) is 68.5 Å². The average Bonchev–Trinajstić information content (AvgIpc) is 3.21. The number of esters is 1. The van der Waals surface area contributed by atoms with Crippen LogP contribution in [0.2, 0.25) is 0 Å².